The topological polar surface area (TPSA) is 32.3 Å². The van der Waals surface area contributed by atoms with Crippen molar-refractivity contribution in [1.29, 1.82) is 0 Å². The van der Waals surface area contributed by atoms with Gasteiger partial charge in [0.15, 0.2) is 0 Å². The van der Waals surface area contributed by atoms with Crippen molar-refractivity contribution in [2.75, 3.05) is 20.6 Å². The van der Waals surface area contributed by atoms with Crippen LogP contribution >= 0.6 is 0 Å². The van der Waals surface area contributed by atoms with Crippen LogP contribution in [-0.4, -0.2) is 37.5 Å². The normalized spacial score (nSPS) is 20.7. The SMILES string of the molecule is CN(C)C(=O)C[C@@H](c1ccccc1)[C@H]1CCCN1. The van der Waals surface area contributed by atoms with Gasteiger partial charge in [-0.25, -0.2) is 0 Å². The van der Waals surface area contributed by atoms with Crippen LogP contribution in [0.4, 0.5) is 0 Å². The Morgan fingerprint density at radius 1 is 1.39 bits per heavy atom. The Bertz CT molecular complexity index is 383. The van der Waals surface area contributed by atoms with Gasteiger partial charge in [0, 0.05) is 32.5 Å². The van der Waals surface area contributed by atoms with Crippen LogP contribution in [0.3, 0.4) is 0 Å². The highest BCUT2D eigenvalue weighted by Gasteiger charge is 2.28. The summed E-state index contributed by atoms with van der Waals surface area (Å²) in [4.78, 5) is 13.7. The molecule has 2 atom stereocenters. The lowest BCUT2D eigenvalue weighted by molar-refractivity contribution is -0.129. The molecule has 0 aromatic heterocycles. The van der Waals surface area contributed by atoms with E-state index in [-0.39, 0.29) is 5.91 Å². The van der Waals surface area contributed by atoms with Gasteiger partial charge in [0.1, 0.15) is 0 Å². The lowest BCUT2D eigenvalue weighted by Crippen LogP contribution is -2.33. The van der Waals surface area contributed by atoms with Gasteiger partial charge in [0.2, 0.25) is 5.91 Å². The van der Waals surface area contributed by atoms with Crippen LogP contribution in [0.1, 0.15) is 30.7 Å². The molecule has 0 spiro atoms. The first-order valence-electron chi connectivity index (χ1n) is 6.67. The number of carbonyl (C=O) groups excluding carboxylic acids is 1. The molecular weight excluding hydrogens is 224 g/mol. The molecule has 18 heavy (non-hydrogen) atoms. The quantitative estimate of drug-likeness (QED) is 0.881. The number of nitrogens with one attached hydrogen (secondary N) is 1. The molecule has 98 valence electrons. The maximum atomic E-state index is 12.0. The second-order valence-corrected chi connectivity index (χ2v) is 5.21. The largest absolute Gasteiger partial charge is 0.349 e. The van der Waals surface area contributed by atoms with Gasteiger partial charge >= 0.3 is 0 Å². The van der Waals surface area contributed by atoms with E-state index in [2.05, 4.69) is 29.6 Å². The summed E-state index contributed by atoms with van der Waals surface area (Å²) in [6, 6.07) is 10.8. The molecular formula is C15H22N2O. The molecule has 1 fully saturated rings. The molecule has 0 saturated carbocycles. The molecule has 0 radical (unpaired) electrons. The molecule has 0 bridgehead atoms. The van der Waals surface area contributed by atoms with Gasteiger partial charge < -0.3 is 10.2 Å². The van der Waals surface area contributed by atoms with Gasteiger partial charge in [0.05, 0.1) is 0 Å². The summed E-state index contributed by atoms with van der Waals surface area (Å²) in [5, 5.41) is 3.53. The van der Waals surface area contributed by atoms with Crippen LogP contribution in [0, 0.1) is 0 Å². The van der Waals surface area contributed by atoms with E-state index in [1.54, 1.807) is 4.90 Å². The van der Waals surface area contributed by atoms with Crippen LogP contribution in [0.2, 0.25) is 0 Å². The van der Waals surface area contributed by atoms with Crippen LogP contribution < -0.4 is 5.32 Å². The maximum Gasteiger partial charge on any atom is 0.222 e. The number of nitrogens with zero attached hydrogens (tertiary/aromatic N) is 1. The molecule has 1 aromatic carbocycles. The molecule has 2 rings (SSSR count). The molecule has 3 heteroatoms. The first kappa shape index (κ1) is 13.1. The fraction of sp³-hybridized carbons (Fsp3) is 0.533. The standard InChI is InChI=1S/C15H22N2O/c1-17(2)15(18)11-13(14-9-6-10-16-14)12-7-4-3-5-8-12/h3-5,7-8,13-14,16H,6,9-11H2,1-2H3/t13-,14+/m0/s1. The second-order valence-electron chi connectivity index (χ2n) is 5.21. The average molecular weight is 246 g/mol. The van der Waals surface area contributed by atoms with Gasteiger partial charge in [-0.3, -0.25) is 4.79 Å². The van der Waals surface area contributed by atoms with Crippen molar-refractivity contribution in [2.45, 2.75) is 31.2 Å². The fourth-order valence-electron chi connectivity index (χ4n) is 2.62. The lowest BCUT2D eigenvalue weighted by atomic mass is 9.87. The zero-order valence-electron chi connectivity index (χ0n) is 11.2. The van der Waals surface area contributed by atoms with Crippen molar-refractivity contribution in [1.82, 2.24) is 10.2 Å². The average Bonchev–Trinajstić information content (AvgIpc) is 2.90. The van der Waals surface area contributed by atoms with Crippen molar-refractivity contribution in [2.24, 2.45) is 0 Å². The summed E-state index contributed by atoms with van der Waals surface area (Å²) in [5.74, 6) is 0.501. The van der Waals surface area contributed by atoms with Crippen LogP contribution in [0.5, 0.6) is 0 Å². The molecule has 1 aliphatic rings. The second kappa shape index (κ2) is 6.01. The Kier molecular flexibility index (Phi) is 4.37. The van der Waals surface area contributed by atoms with E-state index in [0.717, 1.165) is 6.54 Å². The van der Waals surface area contributed by atoms with Gasteiger partial charge in [-0.1, -0.05) is 30.3 Å². The van der Waals surface area contributed by atoms with E-state index in [1.807, 2.05) is 20.2 Å². The maximum absolute atomic E-state index is 12.0. The van der Waals surface area contributed by atoms with Crippen LogP contribution in [0.25, 0.3) is 0 Å². The van der Waals surface area contributed by atoms with Crippen LogP contribution in [-0.2, 0) is 4.79 Å². The third-order valence-corrected chi connectivity index (χ3v) is 3.71. The Hall–Kier alpha value is -1.35. The van der Waals surface area contributed by atoms with E-state index >= 15 is 0 Å². The summed E-state index contributed by atoms with van der Waals surface area (Å²) in [7, 11) is 3.65. The molecule has 1 N–H and O–H groups in total. The zero-order chi connectivity index (χ0) is 13.0. The molecule has 1 amide bonds. The Morgan fingerprint density at radius 2 is 2.11 bits per heavy atom. The van der Waals surface area contributed by atoms with Crippen LogP contribution in [0.15, 0.2) is 30.3 Å². The van der Waals surface area contributed by atoms with Gasteiger partial charge in [-0.2, -0.15) is 0 Å². The highest BCUT2D eigenvalue weighted by molar-refractivity contribution is 5.76. The summed E-state index contributed by atoms with van der Waals surface area (Å²) in [5.41, 5.74) is 1.27. The number of hydrogen-bond donors (Lipinski definition) is 1. The monoisotopic (exact) mass is 246 g/mol. The van der Waals surface area contributed by atoms with E-state index in [0.29, 0.717) is 18.4 Å². The zero-order valence-corrected chi connectivity index (χ0v) is 11.2. The molecule has 1 saturated heterocycles. The Morgan fingerprint density at radius 3 is 2.67 bits per heavy atom. The van der Waals surface area contributed by atoms with Gasteiger partial charge in [-0.05, 0) is 24.9 Å². The molecule has 1 aliphatic heterocycles. The smallest absolute Gasteiger partial charge is 0.222 e. The third-order valence-electron chi connectivity index (χ3n) is 3.71. The molecule has 3 nitrogen and oxygen atoms in total. The lowest BCUT2D eigenvalue weighted by Gasteiger charge is -2.25. The summed E-state index contributed by atoms with van der Waals surface area (Å²) in [6.45, 7) is 1.07. The number of amides is 1. The minimum Gasteiger partial charge on any atom is -0.349 e. The van der Waals surface area contributed by atoms with Gasteiger partial charge in [0.25, 0.3) is 0 Å². The highest BCUT2D eigenvalue weighted by Crippen LogP contribution is 2.28. The summed E-state index contributed by atoms with van der Waals surface area (Å²) >= 11 is 0. The van der Waals surface area contributed by atoms with Crippen molar-refractivity contribution in [3.63, 3.8) is 0 Å². The third kappa shape index (κ3) is 3.10. The van der Waals surface area contributed by atoms with Crippen molar-refractivity contribution in [3.8, 4) is 0 Å². The Balaban J connectivity index is 2.15. The minimum atomic E-state index is 0.206. The van der Waals surface area contributed by atoms with Gasteiger partial charge in [-0.15, -0.1) is 0 Å². The molecule has 0 aliphatic carbocycles. The first-order valence-corrected chi connectivity index (χ1v) is 6.67. The number of benzene rings is 1. The van der Waals surface area contributed by atoms with E-state index in [9.17, 15) is 4.79 Å². The van der Waals surface area contributed by atoms with E-state index in [4.69, 9.17) is 0 Å². The van der Waals surface area contributed by atoms with Crippen molar-refractivity contribution >= 4 is 5.91 Å². The molecule has 0 unspecified atom stereocenters. The fourth-order valence-corrected chi connectivity index (χ4v) is 2.62. The predicted octanol–water partition coefficient (Wildman–Crippen LogP) is 2.00. The van der Waals surface area contributed by atoms with E-state index < -0.39 is 0 Å². The molecule has 1 aromatic rings. The summed E-state index contributed by atoms with van der Waals surface area (Å²) < 4.78 is 0. The number of hydrogen-bond acceptors (Lipinski definition) is 2. The summed E-state index contributed by atoms with van der Waals surface area (Å²) in [6.07, 6.45) is 2.97. The first-order chi connectivity index (χ1) is 8.68. The predicted molar refractivity (Wildman–Crippen MR) is 73.5 cm³/mol. The molecule has 1 heterocycles. The highest BCUT2D eigenvalue weighted by atomic mass is 16.2. The number of carbonyl (C=O) groups is 1. The number of rotatable bonds is 4. The minimum absolute atomic E-state index is 0.206. The van der Waals surface area contributed by atoms with Crippen molar-refractivity contribution < 1.29 is 4.79 Å². The van der Waals surface area contributed by atoms with E-state index in [1.165, 1.54) is 18.4 Å². The Labute approximate surface area is 109 Å². The van der Waals surface area contributed by atoms with Crippen molar-refractivity contribution in [3.05, 3.63) is 35.9 Å².